The molecule has 1 aliphatic heterocycles. The Morgan fingerprint density at radius 1 is 1.18 bits per heavy atom. The van der Waals surface area contributed by atoms with E-state index >= 15 is 0 Å². The van der Waals surface area contributed by atoms with Gasteiger partial charge in [0.15, 0.2) is 0 Å². The van der Waals surface area contributed by atoms with Gasteiger partial charge in [0, 0.05) is 18.6 Å². The molecule has 3 nitrogen and oxygen atoms in total. The van der Waals surface area contributed by atoms with Crippen LogP contribution in [-0.2, 0) is 0 Å². The van der Waals surface area contributed by atoms with Gasteiger partial charge in [-0.15, -0.1) is 0 Å². The summed E-state index contributed by atoms with van der Waals surface area (Å²) in [5, 5.41) is 3.73. The molecule has 0 aromatic heterocycles. The third-order valence-corrected chi connectivity index (χ3v) is 4.48. The van der Waals surface area contributed by atoms with E-state index in [0.29, 0.717) is 6.04 Å². The zero-order valence-electron chi connectivity index (χ0n) is 11.3. The summed E-state index contributed by atoms with van der Waals surface area (Å²) in [6.45, 7) is 3.81. The first-order valence-electron chi connectivity index (χ1n) is 7.41. The molecule has 1 heterocycles. The van der Waals surface area contributed by atoms with Gasteiger partial charge in [0.25, 0.3) is 0 Å². The van der Waals surface area contributed by atoms with Gasteiger partial charge in [-0.1, -0.05) is 0 Å². The Labute approximate surface area is 106 Å². The Hall–Kier alpha value is -0.120. The topological polar surface area (TPSA) is 41.3 Å². The van der Waals surface area contributed by atoms with Gasteiger partial charge in [0.2, 0.25) is 0 Å². The summed E-state index contributed by atoms with van der Waals surface area (Å²) in [4.78, 5) is 2.48. The molecule has 0 bridgehead atoms. The largest absolute Gasteiger partial charge is 0.328 e. The molecule has 1 unspecified atom stereocenters. The molecular formula is C14H29N3. The van der Waals surface area contributed by atoms with Crippen LogP contribution in [0.4, 0.5) is 0 Å². The Kier molecular flexibility index (Phi) is 5.26. The van der Waals surface area contributed by atoms with Crippen molar-refractivity contribution in [2.24, 2.45) is 11.7 Å². The second kappa shape index (κ2) is 6.72. The van der Waals surface area contributed by atoms with Crippen molar-refractivity contribution in [2.75, 3.05) is 26.7 Å². The van der Waals surface area contributed by atoms with E-state index in [-0.39, 0.29) is 0 Å². The zero-order chi connectivity index (χ0) is 12.1. The van der Waals surface area contributed by atoms with Crippen molar-refractivity contribution in [1.29, 1.82) is 0 Å². The second-order valence-corrected chi connectivity index (χ2v) is 6.13. The van der Waals surface area contributed by atoms with Gasteiger partial charge >= 0.3 is 0 Å². The van der Waals surface area contributed by atoms with Gasteiger partial charge in [0.05, 0.1) is 0 Å². The molecule has 0 aromatic rings. The van der Waals surface area contributed by atoms with Crippen LogP contribution in [0.3, 0.4) is 0 Å². The minimum absolute atomic E-state index is 0.472. The third-order valence-electron chi connectivity index (χ3n) is 4.48. The lowest BCUT2D eigenvalue weighted by Crippen LogP contribution is -2.39. The van der Waals surface area contributed by atoms with E-state index in [1.54, 1.807) is 0 Å². The molecule has 100 valence electrons. The van der Waals surface area contributed by atoms with Gasteiger partial charge < -0.3 is 16.0 Å². The summed E-state index contributed by atoms with van der Waals surface area (Å²) >= 11 is 0. The zero-order valence-corrected chi connectivity index (χ0v) is 11.3. The molecule has 2 rings (SSSR count). The van der Waals surface area contributed by atoms with E-state index in [0.717, 1.165) is 12.0 Å². The van der Waals surface area contributed by atoms with Gasteiger partial charge in [-0.3, -0.25) is 0 Å². The Morgan fingerprint density at radius 2 is 1.94 bits per heavy atom. The molecule has 0 spiro atoms. The number of nitrogens with two attached hydrogens (primary N) is 1. The van der Waals surface area contributed by atoms with Crippen molar-refractivity contribution < 1.29 is 0 Å². The molecule has 1 saturated carbocycles. The summed E-state index contributed by atoms with van der Waals surface area (Å²) in [6, 6.07) is 1.22. The molecule has 1 saturated heterocycles. The first-order valence-corrected chi connectivity index (χ1v) is 7.41. The highest BCUT2D eigenvalue weighted by molar-refractivity contribution is 4.79. The number of hydrogen-bond donors (Lipinski definition) is 2. The Morgan fingerprint density at radius 3 is 2.65 bits per heavy atom. The van der Waals surface area contributed by atoms with E-state index < -0.39 is 0 Å². The number of likely N-dealkylation sites (tertiary alicyclic amines) is 1. The van der Waals surface area contributed by atoms with Crippen LogP contribution in [0.5, 0.6) is 0 Å². The van der Waals surface area contributed by atoms with Crippen LogP contribution in [0.1, 0.15) is 44.9 Å². The van der Waals surface area contributed by atoms with Crippen molar-refractivity contribution >= 4 is 0 Å². The number of nitrogens with zero attached hydrogens (tertiary/aromatic N) is 1. The molecule has 0 radical (unpaired) electrons. The predicted molar refractivity (Wildman–Crippen MR) is 73.1 cm³/mol. The number of rotatable bonds is 4. The highest BCUT2D eigenvalue weighted by Gasteiger charge is 2.19. The third kappa shape index (κ3) is 4.57. The fourth-order valence-electron chi connectivity index (χ4n) is 3.32. The molecule has 3 heteroatoms. The molecule has 2 aliphatic rings. The van der Waals surface area contributed by atoms with Gasteiger partial charge in [-0.05, 0) is 71.0 Å². The van der Waals surface area contributed by atoms with Crippen LogP contribution in [0.25, 0.3) is 0 Å². The Balaban J connectivity index is 1.56. The number of piperidine rings is 1. The average Bonchev–Trinajstić information content (AvgIpc) is 2.32. The second-order valence-electron chi connectivity index (χ2n) is 6.13. The lowest BCUT2D eigenvalue weighted by Gasteiger charge is -2.31. The average molecular weight is 239 g/mol. The van der Waals surface area contributed by atoms with Gasteiger partial charge in [0.1, 0.15) is 0 Å². The van der Waals surface area contributed by atoms with Crippen molar-refractivity contribution in [3.8, 4) is 0 Å². The van der Waals surface area contributed by atoms with Crippen LogP contribution in [0.15, 0.2) is 0 Å². The summed E-state index contributed by atoms with van der Waals surface area (Å²) in [6.07, 6.45) is 9.17. The van der Waals surface area contributed by atoms with E-state index in [2.05, 4.69) is 17.3 Å². The van der Waals surface area contributed by atoms with Crippen molar-refractivity contribution in [3.63, 3.8) is 0 Å². The van der Waals surface area contributed by atoms with E-state index in [1.165, 1.54) is 64.6 Å². The fraction of sp³-hybridized carbons (Fsp3) is 1.00. The maximum atomic E-state index is 5.92. The van der Waals surface area contributed by atoms with Crippen LogP contribution in [-0.4, -0.2) is 43.7 Å². The van der Waals surface area contributed by atoms with Crippen molar-refractivity contribution in [1.82, 2.24) is 10.2 Å². The minimum Gasteiger partial charge on any atom is -0.328 e. The van der Waals surface area contributed by atoms with Gasteiger partial charge in [-0.25, -0.2) is 0 Å². The first-order chi connectivity index (χ1) is 8.24. The molecule has 0 amide bonds. The molecule has 3 N–H and O–H groups in total. The number of hydrogen-bond acceptors (Lipinski definition) is 3. The molecule has 17 heavy (non-hydrogen) atoms. The lowest BCUT2D eigenvalue weighted by molar-refractivity contribution is 0.198. The SMILES string of the molecule is CN1CCCC(CCNC2CCC(N)CC2)C1. The summed E-state index contributed by atoms with van der Waals surface area (Å²) in [7, 11) is 2.25. The normalized spacial score (nSPS) is 36.0. The summed E-state index contributed by atoms with van der Waals surface area (Å²) in [5.41, 5.74) is 5.92. The molecule has 1 atom stereocenters. The van der Waals surface area contributed by atoms with Gasteiger partial charge in [-0.2, -0.15) is 0 Å². The highest BCUT2D eigenvalue weighted by atomic mass is 15.1. The highest BCUT2D eigenvalue weighted by Crippen LogP contribution is 2.19. The predicted octanol–water partition coefficient (Wildman–Crippen LogP) is 1.58. The molecular weight excluding hydrogens is 210 g/mol. The standard InChI is InChI=1S/C14H29N3/c1-17-10-2-3-12(11-17)8-9-16-14-6-4-13(15)5-7-14/h12-14,16H,2-11,15H2,1H3. The quantitative estimate of drug-likeness (QED) is 0.782. The molecule has 0 aromatic carbocycles. The number of nitrogens with one attached hydrogen (secondary N) is 1. The van der Waals surface area contributed by atoms with Crippen LogP contribution in [0, 0.1) is 5.92 Å². The monoisotopic (exact) mass is 239 g/mol. The first kappa shape index (κ1) is 13.3. The summed E-state index contributed by atoms with van der Waals surface area (Å²) in [5.74, 6) is 0.923. The maximum Gasteiger partial charge on any atom is 0.00682 e. The van der Waals surface area contributed by atoms with Crippen molar-refractivity contribution in [3.05, 3.63) is 0 Å². The lowest BCUT2D eigenvalue weighted by atomic mass is 9.91. The molecule has 1 aliphatic carbocycles. The Bertz CT molecular complexity index is 212. The van der Waals surface area contributed by atoms with E-state index in [1.807, 2.05) is 0 Å². The fourth-order valence-corrected chi connectivity index (χ4v) is 3.32. The van der Waals surface area contributed by atoms with Crippen LogP contribution < -0.4 is 11.1 Å². The van der Waals surface area contributed by atoms with E-state index in [4.69, 9.17) is 5.73 Å². The van der Waals surface area contributed by atoms with Crippen molar-refractivity contribution in [2.45, 2.75) is 57.0 Å². The van der Waals surface area contributed by atoms with Crippen LogP contribution >= 0.6 is 0 Å². The van der Waals surface area contributed by atoms with Crippen LogP contribution in [0.2, 0.25) is 0 Å². The maximum absolute atomic E-state index is 5.92. The smallest absolute Gasteiger partial charge is 0.00682 e. The molecule has 2 fully saturated rings. The van der Waals surface area contributed by atoms with E-state index in [9.17, 15) is 0 Å². The summed E-state index contributed by atoms with van der Waals surface area (Å²) < 4.78 is 0. The minimum atomic E-state index is 0.472.